The molecule has 1 aliphatic rings. The molecule has 1 aliphatic heterocycles. The molecule has 0 N–H and O–H groups in total. The molecule has 1 atom stereocenters. The second-order valence-corrected chi connectivity index (χ2v) is 5.92. The number of rotatable bonds is 4. The predicted octanol–water partition coefficient (Wildman–Crippen LogP) is 4.18. The van der Waals surface area contributed by atoms with Gasteiger partial charge in [-0.05, 0) is 24.0 Å². The predicted molar refractivity (Wildman–Crippen MR) is 78.6 cm³/mol. The first-order chi connectivity index (χ1) is 9.54. The van der Waals surface area contributed by atoms with Gasteiger partial charge in [-0.25, -0.2) is 4.79 Å². The summed E-state index contributed by atoms with van der Waals surface area (Å²) in [5.41, 5.74) is 1.96. The van der Waals surface area contributed by atoms with Gasteiger partial charge in [-0.3, -0.25) is 9.88 Å². The molecule has 20 heavy (non-hydrogen) atoms. The normalized spacial score (nSPS) is 17.4. The lowest BCUT2D eigenvalue weighted by Gasteiger charge is -2.26. The van der Waals surface area contributed by atoms with Crippen molar-refractivity contribution in [3.63, 3.8) is 0 Å². The molecule has 2 heterocycles. The van der Waals surface area contributed by atoms with E-state index in [1.807, 2.05) is 6.07 Å². The number of nitrogens with zero attached hydrogens (tertiary/aromatic N) is 2. The van der Waals surface area contributed by atoms with Crippen molar-refractivity contribution in [2.24, 2.45) is 5.92 Å². The summed E-state index contributed by atoms with van der Waals surface area (Å²) in [6.07, 6.45) is 3.29. The first-order valence-corrected chi connectivity index (χ1v) is 7.50. The standard InChI is InChI=1S/C15H21ClN2O2/c1-4-5-6-20-15(19)18-9-11-7-12(16)8-17-13(11)14(18)10(2)3/h7-8,10,14H,4-6,9H2,1-3H3/t14-/m0/s1. The van der Waals surface area contributed by atoms with Crippen LogP contribution in [-0.4, -0.2) is 22.6 Å². The molecule has 0 spiro atoms. The van der Waals surface area contributed by atoms with Gasteiger partial charge in [-0.1, -0.05) is 38.8 Å². The van der Waals surface area contributed by atoms with Crippen LogP contribution in [0.3, 0.4) is 0 Å². The summed E-state index contributed by atoms with van der Waals surface area (Å²) in [7, 11) is 0. The summed E-state index contributed by atoms with van der Waals surface area (Å²) in [5, 5.41) is 0.604. The highest BCUT2D eigenvalue weighted by Crippen LogP contribution is 2.38. The highest BCUT2D eigenvalue weighted by molar-refractivity contribution is 6.30. The Labute approximate surface area is 125 Å². The quantitative estimate of drug-likeness (QED) is 0.783. The smallest absolute Gasteiger partial charge is 0.410 e. The van der Waals surface area contributed by atoms with E-state index in [1.54, 1.807) is 11.1 Å². The largest absolute Gasteiger partial charge is 0.449 e. The molecular weight excluding hydrogens is 276 g/mol. The van der Waals surface area contributed by atoms with Gasteiger partial charge < -0.3 is 4.74 Å². The molecular formula is C15H21ClN2O2. The monoisotopic (exact) mass is 296 g/mol. The van der Waals surface area contributed by atoms with E-state index in [9.17, 15) is 4.79 Å². The van der Waals surface area contributed by atoms with Crippen molar-refractivity contribution in [3.8, 4) is 0 Å². The molecule has 0 radical (unpaired) electrons. The van der Waals surface area contributed by atoms with Gasteiger partial charge in [0.1, 0.15) is 0 Å². The van der Waals surface area contributed by atoms with Gasteiger partial charge in [0, 0.05) is 6.20 Å². The average Bonchev–Trinajstić information content (AvgIpc) is 2.77. The number of hydrogen-bond acceptors (Lipinski definition) is 3. The molecule has 1 aromatic heterocycles. The van der Waals surface area contributed by atoms with Crippen molar-refractivity contribution in [2.75, 3.05) is 6.61 Å². The maximum absolute atomic E-state index is 12.2. The van der Waals surface area contributed by atoms with Crippen LogP contribution in [0.2, 0.25) is 5.02 Å². The minimum atomic E-state index is -0.258. The molecule has 1 amide bonds. The summed E-state index contributed by atoms with van der Waals surface area (Å²) in [4.78, 5) is 18.4. The van der Waals surface area contributed by atoms with Gasteiger partial charge in [-0.15, -0.1) is 0 Å². The molecule has 2 rings (SSSR count). The summed E-state index contributed by atoms with van der Waals surface area (Å²) >= 11 is 5.98. The number of amides is 1. The minimum Gasteiger partial charge on any atom is -0.449 e. The molecule has 5 heteroatoms. The third kappa shape index (κ3) is 3.06. The zero-order valence-electron chi connectivity index (χ0n) is 12.2. The molecule has 1 aromatic rings. The van der Waals surface area contributed by atoms with Crippen molar-refractivity contribution >= 4 is 17.7 Å². The van der Waals surface area contributed by atoms with Gasteiger partial charge in [0.15, 0.2) is 0 Å². The molecule has 0 saturated heterocycles. The fourth-order valence-electron chi connectivity index (χ4n) is 2.55. The van der Waals surface area contributed by atoms with Crippen LogP contribution in [0.4, 0.5) is 4.79 Å². The molecule has 110 valence electrons. The van der Waals surface area contributed by atoms with E-state index in [2.05, 4.69) is 25.8 Å². The van der Waals surface area contributed by atoms with E-state index in [0.29, 0.717) is 18.2 Å². The lowest BCUT2D eigenvalue weighted by Crippen LogP contribution is -2.33. The van der Waals surface area contributed by atoms with E-state index >= 15 is 0 Å². The number of halogens is 1. The number of ether oxygens (including phenoxy) is 1. The Balaban J connectivity index is 2.17. The zero-order chi connectivity index (χ0) is 14.7. The minimum absolute atomic E-state index is 0.0311. The van der Waals surface area contributed by atoms with Gasteiger partial charge in [-0.2, -0.15) is 0 Å². The fraction of sp³-hybridized carbons (Fsp3) is 0.600. The third-order valence-corrected chi connectivity index (χ3v) is 3.72. The Hall–Kier alpha value is -1.29. The van der Waals surface area contributed by atoms with Gasteiger partial charge in [0.05, 0.1) is 29.9 Å². The lowest BCUT2D eigenvalue weighted by molar-refractivity contribution is 0.0780. The van der Waals surface area contributed by atoms with E-state index < -0.39 is 0 Å². The van der Waals surface area contributed by atoms with Crippen LogP contribution in [0.25, 0.3) is 0 Å². The molecule has 0 aromatic carbocycles. The van der Waals surface area contributed by atoms with Gasteiger partial charge >= 0.3 is 6.09 Å². The second kappa shape index (κ2) is 6.44. The molecule has 4 nitrogen and oxygen atoms in total. The third-order valence-electron chi connectivity index (χ3n) is 3.51. The number of carbonyl (C=O) groups is 1. The van der Waals surface area contributed by atoms with E-state index in [-0.39, 0.29) is 18.1 Å². The van der Waals surface area contributed by atoms with Crippen molar-refractivity contribution in [1.82, 2.24) is 9.88 Å². The SMILES string of the molecule is CCCCOC(=O)N1Cc2cc(Cl)cnc2[C@@H]1C(C)C. The maximum atomic E-state index is 12.2. The molecule has 0 aliphatic carbocycles. The van der Waals surface area contributed by atoms with Gasteiger partial charge in [0.25, 0.3) is 0 Å². The van der Waals surface area contributed by atoms with E-state index in [4.69, 9.17) is 16.3 Å². The highest BCUT2D eigenvalue weighted by atomic mass is 35.5. The topological polar surface area (TPSA) is 42.4 Å². The van der Waals surface area contributed by atoms with Crippen molar-refractivity contribution in [2.45, 2.75) is 46.2 Å². The summed E-state index contributed by atoms with van der Waals surface area (Å²) in [6, 6.07) is 1.86. The first-order valence-electron chi connectivity index (χ1n) is 7.12. The van der Waals surface area contributed by atoms with Crippen LogP contribution in [0.5, 0.6) is 0 Å². The van der Waals surface area contributed by atoms with Crippen molar-refractivity contribution in [3.05, 3.63) is 28.5 Å². The average molecular weight is 297 g/mol. The lowest BCUT2D eigenvalue weighted by atomic mass is 10.0. The molecule has 0 bridgehead atoms. The number of fused-ring (bicyclic) bond motifs is 1. The second-order valence-electron chi connectivity index (χ2n) is 5.48. The van der Waals surface area contributed by atoms with Crippen molar-refractivity contribution in [1.29, 1.82) is 0 Å². The van der Waals surface area contributed by atoms with Crippen LogP contribution in [0, 0.1) is 5.92 Å². The number of aromatic nitrogens is 1. The first kappa shape index (κ1) is 15.1. The number of unbranched alkanes of at least 4 members (excludes halogenated alkanes) is 1. The zero-order valence-corrected chi connectivity index (χ0v) is 13.0. The Kier molecular flexibility index (Phi) is 4.86. The summed E-state index contributed by atoms with van der Waals surface area (Å²) in [6.45, 7) is 7.24. The van der Waals surface area contributed by atoms with E-state index in [0.717, 1.165) is 24.1 Å². The Bertz CT molecular complexity index is 491. The van der Waals surface area contributed by atoms with Crippen LogP contribution in [-0.2, 0) is 11.3 Å². The van der Waals surface area contributed by atoms with Crippen LogP contribution >= 0.6 is 11.6 Å². The van der Waals surface area contributed by atoms with Crippen LogP contribution in [0.1, 0.15) is 50.9 Å². The molecule has 0 fully saturated rings. The fourth-order valence-corrected chi connectivity index (χ4v) is 2.74. The molecule has 0 unspecified atom stereocenters. The number of pyridine rings is 1. The number of hydrogen-bond donors (Lipinski definition) is 0. The Morgan fingerprint density at radius 1 is 1.60 bits per heavy atom. The summed E-state index contributed by atoms with van der Waals surface area (Å²) in [5.74, 6) is 0.281. The Morgan fingerprint density at radius 2 is 2.35 bits per heavy atom. The van der Waals surface area contributed by atoms with Gasteiger partial charge in [0.2, 0.25) is 0 Å². The Morgan fingerprint density at radius 3 is 3.00 bits per heavy atom. The van der Waals surface area contributed by atoms with Crippen LogP contribution in [0.15, 0.2) is 12.3 Å². The van der Waals surface area contributed by atoms with Crippen LogP contribution < -0.4 is 0 Å². The van der Waals surface area contributed by atoms with E-state index in [1.165, 1.54) is 0 Å². The maximum Gasteiger partial charge on any atom is 0.410 e. The van der Waals surface area contributed by atoms with Crippen molar-refractivity contribution < 1.29 is 9.53 Å². The molecule has 0 saturated carbocycles. The summed E-state index contributed by atoms with van der Waals surface area (Å²) < 4.78 is 5.33. The number of carbonyl (C=O) groups excluding carboxylic acids is 1. The highest BCUT2D eigenvalue weighted by Gasteiger charge is 2.37.